The minimum absolute atomic E-state index is 0.270. The number of carboxylic acids is 1. The van der Waals surface area contributed by atoms with E-state index in [4.69, 9.17) is 9.84 Å². The predicted octanol–water partition coefficient (Wildman–Crippen LogP) is 3.27. The van der Waals surface area contributed by atoms with Gasteiger partial charge in [0.1, 0.15) is 5.75 Å². The number of likely N-dealkylation sites (tertiary alicyclic amines) is 1. The summed E-state index contributed by atoms with van der Waals surface area (Å²) in [5.41, 5.74) is 0.270. The first-order valence-corrected chi connectivity index (χ1v) is 7.78. The SMILES string of the molecule is CC(C)C1CCCN1CCCOc1cccc(C(=O)O)c1. The lowest BCUT2D eigenvalue weighted by atomic mass is 10.0. The van der Waals surface area contributed by atoms with Crippen LogP contribution in [0.5, 0.6) is 5.75 Å². The number of carboxylic acid groups (broad SMARTS) is 1. The molecule has 1 unspecified atom stereocenters. The highest BCUT2D eigenvalue weighted by Gasteiger charge is 2.26. The maximum absolute atomic E-state index is 10.9. The van der Waals surface area contributed by atoms with Crippen LogP contribution in [0.4, 0.5) is 0 Å². The summed E-state index contributed by atoms with van der Waals surface area (Å²) < 4.78 is 5.66. The molecule has 1 N–H and O–H groups in total. The smallest absolute Gasteiger partial charge is 0.335 e. The molecule has 1 aliphatic heterocycles. The number of nitrogens with zero attached hydrogens (tertiary/aromatic N) is 1. The van der Waals surface area contributed by atoms with Crippen LogP contribution in [-0.4, -0.2) is 41.7 Å². The number of ether oxygens (including phenoxy) is 1. The van der Waals surface area contributed by atoms with Crippen LogP contribution in [0.1, 0.15) is 43.5 Å². The van der Waals surface area contributed by atoms with Gasteiger partial charge in [-0.3, -0.25) is 0 Å². The second kappa shape index (κ2) is 7.46. The van der Waals surface area contributed by atoms with Crippen LogP contribution in [0.15, 0.2) is 24.3 Å². The van der Waals surface area contributed by atoms with Crippen LogP contribution in [0.2, 0.25) is 0 Å². The molecule has 0 spiro atoms. The zero-order chi connectivity index (χ0) is 15.2. The summed E-state index contributed by atoms with van der Waals surface area (Å²) in [5, 5.41) is 8.94. The molecule has 1 atom stereocenters. The summed E-state index contributed by atoms with van der Waals surface area (Å²) in [4.78, 5) is 13.5. The Bertz CT molecular complexity index is 473. The lowest BCUT2D eigenvalue weighted by Gasteiger charge is -2.27. The van der Waals surface area contributed by atoms with Gasteiger partial charge in [0.25, 0.3) is 0 Å². The number of rotatable bonds is 7. The van der Waals surface area contributed by atoms with Crippen molar-refractivity contribution in [3.63, 3.8) is 0 Å². The van der Waals surface area contributed by atoms with E-state index in [1.54, 1.807) is 24.3 Å². The average Bonchev–Trinajstić information content (AvgIpc) is 2.92. The molecule has 1 heterocycles. The van der Waals surface area contributed by atoms with Crippen LogP contribution in [0, 0.1) is 5.92 Å². The van der Waals surface area contributed by atoms with Crippen molar-refractivity contribution in [2.75, 3.05) is 19.7 Å². The number of hydrogen-bond donors (Lipinski definition) is 1. The van der Waals surface area contributed by atoms with Crippen LogP contribution in [0.25, 0.3) is 0 Å². The van der Waals surface area contributed by atoms with Crippen LogP contribution in [-0.2, 0) is 0 Å². The first-order chi connectivity index (χ1) is 10.1. The molecule has 1 aliphatic rings. The van der Waals surface area contributed by atoms with E-state index in [1.807, 2.05) is 0 Å². The maximum Gasteiger partial charge on any atom is 0.335 e. The van der Waals surface area contributed by atoms with Gasteiger partial charge in [0, 0.05) is 12.6 Å². The van der Waals surface area contributed by atoms with E-state index in [-0.39, 0.29) is 5.56 Å². The molecule has 0 saturated carbocycles. The largest absolute Gasteiger partial charge is 0.494 e. The van der Waals surface area contributed by atoms with Crippen molar-refractivity contribution in [3.05, 3.63) is 29.8 Å². The van der Waals surface area contributed by atoms with E-state index in [1.165, 1.54) is 19.4 Å². The third-order valence-corrected chi connectivity index (χ3v) is 4.12. The Morgan fingerprint density at radius 1 is 1.48 bits per heavy atom. The van der Waals surface area contributed by atoms with Crippen molar-refractivity contribution >= 4 is 5.97 Å². The van der Waals surface area contributed by atoms with Gasteiger partial charge in [-0.1, -0.05) is 19.9 Å². The van der Waals surface area contributed by atoms with E-state index >= 15 is 0 Å². The minimum Gasteiger partial charge on any atom is -0.494 e. The lowest BCUT2D eigenvalue weighted by Crippen LogP contribution is -2.34. The minimum atomic E-state index is -0.919. The Hall–Kier alpha value is -1.55. The molecule has 21 heavy (non-hydrogen) atoms. The highest BCUT2D eigenvalue weighted by molar-refractivity contribution is 5.87. The first kappa shape index (κ1) is 15.8. The zero-order valence-electron chi connectivity index (χ0n) is 12.9. The Kier molecular flexibility index (Phi) is 5.62. The van der Waals surface area contributed by atoms with Gasteiger partial charge in [-0.2, -0.15) is 0 Å². The van der Waals surface area contributed by atoms with Crippen molar-refractivity contribution < 1.29 is 14.6 Å². The lowest BCUT2D eigenvalue weighted by molar-refractivity contribution is 0.0696. The molecule has 2 rings (SSSR count). The second-order valence-electron chi connectivity index (χ2n) is 6.02. The summed E-state index contributed by atoms with van der Waals surface area (Å²) in [6.07, 6.45) is 3.57. The molecule has 4 heteroatoms. The van der Waals surface area contributed by atoms with E-state index < -0.39 is 5.97 Å². The van der Waals surface area contributed by atoms with Crippen LogP contribution >= 0.6 is 0 Å². The molecule has 116 valence electrons. The Labute approximate surface area is 126 Å². The Morgan fingerprint density at radius 3 is 3.00 bits per heavy atom. The van der Waals surface area contributed by atoms with Crippen molar-refractivity contribution in [1.82, 2.24) is 4.90 Å². The number of carbonyl (C=O) groups is 1. The van der Waals surface area contributed by atoms with Gasteiger partial charge in [0.05, 0.1) is 12.2 Å². The van der Waals surface area contributed by atoms with Crippen molar-refractivity contribution in [3.8, 4) is 5.75 Å². The monoisotopic (exact) mass is 291 g/mol. The summed E-state index contributed by atoms with van der Waals surface area (Å²) in [7, 11) is 0. The quantitative estimate of drug-likeness (QED) is 0.783. The fraction of sp³-hybridized carbons (Fsp3) is 0.588. The van der Waals surface area contributed by atoms with E-state index in [2.05, 4.69) is 18.7 Å². The van der Waals surface area contributed by atoms with E-state index in [9.17, 15) is 4.79 Å². The molecule has 0 amide bonds. The van der Waals surface area contributed by atoms with Gasteiger partial charge < -0.3 is 14.7 Å². The highest BCUT2D eigenvalue weighted by atomic mass is 16.5. The molecular weight excluding hydrogens is 266 g/mol. The third-order valence-electron chi connectivity index (χ3n) is 4.12. The highest BCUT2D eigenvalue weighted by Crippen LogP contribution is 2.23. The van der Waals surface area contributed by atoms with Gasteiger partial charge in [-0.25, -0.2) is 4.79 Å². The van der Waals surface area contributed by atoms with Gasteiger partial charge >= 0.3 is 5.97 Å². The fourth-order valence-corrected chi connectivity index (χ4v) is 3.06. The fourth-order valence-electron chi connectivity index (χ4n) is 3.06. The molecule has 1 saturated heterocycles. The molecule has 4 nitrogen and oxygen atoms in total. The molecule has 0 radical (unpaired) electrons. The Morgan fingerprint density at radius 2 is 2.29 bits per heavy atom. The van der Waals surface area contributed by atoms with Crippen molar-refractivity contribution in [1.29, 1.82) is 0 Å². The molecule has 1 aromatic rings. The normalized spacial score (nSPS) is 19.1. The standard InChI is InChI=1S/C17H25NO3/c1-13(2)16-8-4-9-18(16)10-5-11-21-15-7-3-6-14(12-15)17(19)20/h3,6-7,12-13,16H,4-5,8-11H2,1-2H3,(H,19,20). The summed E-state index contributed by atoms with van der Waals surface area (Å²) >= 11 is 0. The maximum atomic E-state index is 10.9. The van der Waals surface area contributed by atoms with Crippen LogP contribution < -0.4 is 4.74 Å². The molecule has 1 aromatic carbocycles. The summed E-state index contributed by atoms with van der Waals surface area (Å²) in [6, 6.07) is 7.38. The Balaban J connectivity index is 1.75. The summed E-state index contributed by atoms with van der Waals surface area (Å²) in [6.45, 7) is 7.46. The van der Waals surface area contributed by atoms with Crippen molar-refractivity contribution in [2.45, 2.75) is 39.2 Å². The summed E-state index contributed by atoms with van der Waals surface area (Å²) in [5.74, 6) is 0.426. The number of aromatic carboxylic acids is 1. The zero-order valence-corrected chi connectivity index (χ0v) is 12.9. The van der Waals surface area contributed by atoms with E-state index in [0.29, 0.717) is 24.3 Å². The van der Waals surface area contributed by atoms with E-state index in [0.717, 1.165) is 13.0 Å². The van der Waals surface area contributed by atoms with Crippen LogP contribution in [0.3, 0.4) is 0 Å². The van der Waals surface area contributed by atoms with Gasteiger partial charge in [-0.05, 0) is 49.9 Å². The molecular formula is C17H25NO3. The first-order valence-electron chi connectivity index (χ1n) is 7.78. The molecule has 1 fully saturated rings. The number of benzene rings is 1. The molecule has 0 aromatic heterocycles. The van der Waals surface area contributed by atoms with Gasteiger partial charge in [-0.15, -0.1) is 0 Å². The predicted molar refractivity (Wildman–Crippen MR) is 82.9 cm³/mol. The average molecular weight is 291 g/mol. The molecule has 0 aliphatic carbocycles. The molecule has 0 bridgehead atoms. The van der Waals surface area contributed by atoms with Gasteiger partial charge in [0.15, 0.2) is 0 Å². The third kappa shape index (κ3) is 4.46. The van der Waals surface area contributed by atoms with Gasteiger partial charge in [0.2, 0.25) is 0 Å². The second-order valence-corrected chi connectivity index (χ2v) is 6.02. The topological polar surface area (TPSA) is 49.8 Å². The number of hydrogen-bond acceptors (Lipinski definition) is 3. The van der Waals surface area contributed by atoms with Crippen molar-refractivity contribution in [2.24, 2.45) is 5.92 Å².